The van der Waals surface area contributed by atoms with Crippen LogP contribution in [0.15, 0.2) is 12.4 Å². The smallest absolute Gasteiger partial charge is 0.377 e. The maximum atomic E-state index is 13.0. The quantitative estimate of drug-likeness (QED) is 0.777. The van der Waals surface area contributed by atoms with Gasteiger partial charge in [-0.25, -0.2) is 9.97 Å². The molecule has 2 saturated heterocycles. The van der Waals surface area contributed by atoms with Gasteiger partial charge in [0.15, 0.2) is 0 Å². The number of halogens is 3. The third kappa shape index (κ3) is 4.71. The summed E-state index contributed by atoms with van der Waals surface area (Å²) in [6, 6.07) is 1.68. The summed E-state index contributed by atoms with van der Waals surface area (Å²) in [5.74, 6) is 0.425. The molecule has 3 fully saturated rings. The first kappa shape index (κ1) is 18.9. The molecule has 0 spiro atoms. The number of hydrogen-bond acceptors (Lipinski definition) is 5. The van der Waals surface area contributed by atoms with Gasteiger partial charge in [0.1, 0.15) is 17.8 Å². The van der Waals surface area contributed by atoms with Crippen LogP contribution in [0.4, 0.5) is 19.0 Å². The maximum Gasteiger partial charge on any atom is 0.433 e. The third-order valence-corrected chi connectivity index (χ3v) is 5.83. The minimum absolute atomic E-state index is 0.247. The van der Waals surface area contributed by atoms with Gasteiger partial charge in [0.2, 0.25) is 0 Å². The molecule has 4 rings (SSSR count). The minimum Gasteiger partial charge on any atom is -0.377 e. The highest BCUT2D eigenvalue weighted by molar-refractivity contribution is 5.44. The first-order valence-electron chi connectivity index (χ1n) is 10.0. The highest BCUT2D eigenvalue weighted by Crippen LogP contribution is 2.37. The lowest BCUT2D eigenvalue weighted by Gasteiger charge is -2.40. The standard InChI is InChI=1S/C19H27F3N4O/c20-19(21,22)17-11-18(24-13-23-17)26(14-4-5-14)15-6-8-25(9-7-15)12-16-3-1-2-10-27-16/h11,13-16H,1-10,12H2. The number of nitrogens with zero attached hydrogens (tertiary/aromatic N) is 4. The van der Waals surface area contributed by atoms with Crippen molar-refractivity contribution in [2.75, 3.05) is 31.1 Å². The number of aromatic nitrogens is 2. The van der Waals surface area contributed by atoms with Crippen LogP contribution in [0, 0.1) is 0 Å². The second-order valence-corrected chi connectivity index (χ2v) is 7.92. The molecule has 2 aliphatic heterocycles. The SMILES string of the molecule is FC(F)(F)c1cc(N(C2CC2)C2CCN(CC3CCCCO3)CC2)ncn1. The van der Waals surface area contributed by atoms with Crippen molar-refractivity contribution in [2.24, 2.45) is 0 Å². The zero-order valence-corrected chi connectivity index (χ0v) is 15.5. The number of alkyl halides is 3. The first-order valence-corrected chi connectivity index (χ1v) is 10.0. The predicted octanol–water partition coefficient (Wildman–Crippen LogP) is 3.50. The Hall–Kier alpha value is -1.41. The minimum atomic E-state index is -4.43. The maximum absolute atomic E-state index is 13.0. The van der Waals surface area contributed by atoms with Crippen molar-refractivity contribution in [2.45, 2.75) is 69.3 Å². The summed E-state index contributed by atoms with van der Waals surface area (Å²) in [7, 11) is 0. The molecule has 0 N–H and O–H groups in total. The molecular weight excluding hydrogens is 357 g/mol. The summed E-state index contributed by atoms with van der Waals surface area (Å²) in [6.07, 6.45) is 4.45. The van der Waals surface area contributed by atoms with Gasteiger partial charge in [0, 0.05) is 44.4 Å². The average Bonchev–Trinajstić information content (AvgIpc) is 3.49. The van der Waals surface area contributed by atoms with Crippen LogP contribution in [0.2, 0.25) is 0 Å². The lowest BCUT2D eigenvalue weighted by atomic mass is 10.0. The van der Waals surface area contributed by atoms with Crippen molar-refractivity contribution in [3.63, 3.8) is 0 Å². The van der Waals surface area contributed by atoms with E-state index in [1.807, 2.05) is 0 Å². The summed E-state index contributed by atoms with van der Waals surface area (Å²) in [4.78, 5) is 12.2. The molecule has 3 aliphatic rings. The lowest BCUT2D eigenvalue weighted by molar-refractivity contribution is -0.141. The van der Waals surface area contributed by atoms with Crippen LogP contribution < -0.4 is 4.90 Å². The van der Waals surface area contributed by atoms with Gasteiger partial charge in [-0.1, -0.05) is 0 Å². The molecule has 1 unspecified atom stereocenters. The number of piperidine rings is 1. The fourth-order valence-electron chi connectivity index (χ4n) is 4.29. The Morgan fingerprint density at radius 1 is 1.04 bits per heavy atom. The number of anilines is 1. The van der Waals surface area contributed by atoms with Gasteiger partial charge in [-0.05, 0) is 44.9 Å². The molecule has 1 atom stereocenters. The van der Waals surface area contributed by atoms with Crippen molar-refractivity contribution in [3.8, 4) is 0 Å². The molecule has 1 aromatic rings. The summed E-state index contributed by atoms with van der Waals surface area (Å²) in [5, 5.41) is 0. The molecule has 0 bridgehead atoms. The molecular formula is C19H27F3N4O. The molecule has 1 aromatic heterocycles. The van der Waals surface area contributed by atoms with E-state index < -0.39 is 11.9 Å². The average molecular weight is 384 g/mol. The Morgan fingerprint density at radius 3 is 2.41 bits per heavy atom. The Labute approximate surface area is 157 Å². The number of rotatable bonds is 5. The lowest BCUT2D eigenvalue weighted by Crippen LogP contribution is -2.48. The second kappa shape index (κ2) is 7.91. The Kier molecular flexibility index (Phi) is 5.55. The van der Waals surface area contributed by atoms with E-state index in [-0.39, 0.29) is 6.04 Å². The van der Waals surface area contributed by atoms with Crippen LogP contribution in [0.5, 0.6) is 0 Å². The molecule has 1 saturated carbocycles. The summed E-state index contributed by atoms with van der Waals surface area (Å²) >= 11 is 0. The normalized spacial score (nSPS) is 25.5. The van der Waals surface area contributed by atoms with Crippen molar-refractivity contribution in [1.82, 2.24) is 14.9 Å². The molecule has 150 valence electrons. The van der Waals surface area contributed by atoms with Gasteiger partial charge >= 0.3 is 6.18 Å². The van der Waals surface area contributed by atoms with E-state index in [1.54, 1.807) is 0 Å². The van der Waals surface area contributed by atoms with Crippen LogP contribution in [0.25, 0.3) is 0 Å². The number of hydrogen-bond donors (Lipinski definition) is 0. The van der Waals surface area contributed by atoms with E-state index in [4.69, 9.17) is 4.74 Å². The van der Waals surface area contributed by atoms with Crippen LogP contribution >= 0.6 is 0 Å². The van der Waals surface area contributed by atoms with Crippen molar-refractivity contribution >= 4 is 5.82 Å². The summed E-state index contributed by atoms with van der Waals surface area (Å²) in [6.45, 7) is 3.77. The third-order valence-electron chi connectivity index (χ3n) is 5.83. The molecule has 8 heteroatoms. The Bertz CT molecular complexity index is 624. The monoisotopic (exact) mass is 384 g/mol. The Balaban J connectivity index is 1.39. The Morgan fingerprint density at radius 2 is 1.78 bits per heavy atom. The van der Waals surface area contributed by atoms with Crippen LogP contribution in [0.3, 0.4) is 0 Å². The van der Waals surface area contributed by atoms with Crippen molar-refractivity contribution in [3.05, 3.63) is 18.1 Å². The molecule has 0 aromatic carbocycles. The van der Waals surface area contributed by atoms with Crippen molar-refractivity contribution in [1.29, 1.82) is 0 Å². The van der Waals surface area contributed by atoms with E-state index in [0.717, 1.165) is 77.2 Å². The molecule has 5 nitrogen and oxygen atoms in total. The van der Waals surface area contributed by atoms with Crippen LogP contribution in [-0.2, 0) is 10.9 Å². The second-order valence-electron chi connectivity index (χ2n) is 7.92. The van der Waals surface area contributed by atoms with Gasteiger partial charge in [0.25, 0.3) is 0 Å². The van der Waals surface area contributed by atoms with E-state index in [1.165, 1.54) is 6.42 Å². The highest BCUT2D eigenvalue weighted by atomic mass is 19.4. The van der Waals surface area contributed by atoms with Gasteiger partial charge in [-0.15, -0.1) is 0 Å². The molecule has 3 heterocycles. The first-order chi connectivity index (χ1) is 13.0. The topological polar surface area (TPSA) is 41.5 Å². The van der Waals surface area contributed by atoms with Gasteiger partial charge in [-0.3, -0.25) is 0 Å². The van der Waals surface area contributed by atoms with Gasteiger partial charge in [-0.2, -0.15) is 13.2 Å². The van der Waals surface area contributed by atoms with E-state index in [9.17, 15) is 13.2 Å². The largest absolute Gasteiger partial charge is 0.433 e. The highest BCUT2D eigenvalue weighted by Gasteiger charge is 2.39. The predicted molar refractivity (Wildman–Crippen MR) is 95.6 cm³/mol. The zero-order chi connectivity index (χ0) is 18.9. The molecule has 27 heavy (non-hydrogen) atoms. The fourth-order valence-corrected chi connectivity index (χ4v) is 4.29. The van der Waals surface area contributed by atoms with E-state index >= 15 is 0 Å². The molecule has 0 amide bonds. The van der Waals surface area contributed by atoms with Crippen LogP contribution in [-0.4, -0.2) is 59.3 Å². The number of ether oxygens (including phenoxy) is 1. The fraction of sp³-hybridized carbons (Fsp3) is 0.789. The van der Waals surface area contributed by atoms with Gasteiger partial charge in [0.05, 0.1) is 6.10 Å². The van der Waals surface area contributed by atoms with Crippen molar-refractivity contribution < 1.29 is 17.9 Å². The van der Waals surface area contributed by atoms with E-state index in [0.29, 0.717) is 18.0 Å². The number of likely N-dealkylation sites (tertiary alicyclic amines) is 1. The summed E-state index contributed by atoms with van der Waals surface area (Å²) in [5.41, 5.74) is -0.856. The summed E-state index contributed by atoms with van der Waals surface area (Å²) < 4.78 is 45.0. The zero-order valence-electron chi connectivity index (χ0n) is 15.5. The van der Waals surface area contributed by atoms with E-state index in [2.05, 4.69) is 19.8 Å². The van der Waals surface area contributed by atoms with Gasteiger partial charge < -0.3 is 14.5 Å². The van der Waals surface area contributed by atoms with Crippen LogP contribution in [0.1, 0.15) is 50.6 Å². The molecule has 0 radical (unpaired) electrons. The molecule has 1 aliphatic carbocycles.